The molecule has 1 atom stereocenters. The molecule has 18 heavy (non-hydrogen) atoms. The molecular weight excluding hydrogens is 260 g/mol. The Balaban J connectivity index is 2.38. The number of carbonyl (C=O) groups is 1. The molecule has 1 aromatic rings. The monoisotopic (exact) mass is 274 g/mol. The Labute approximate surface area is 104 Å². The van der Waals surface area contributed by atoms with Crippen molar-refractivity contribution in [3.8, 4) is 0 Å². The Morgan fingerprint density at radius 2 is 2.28 bits per heavy atom. The van der Waals surface area contributed by atoms with Gasteiger partial charge in [0.2, 0.25) is 15.8 Å². The molecule has 1 saturated heterocycles. The number of hydrogen-bond acceptors (Lipinski definition) is 5. The van der Waals surface area contributed by atoms with E-state index in [2.05, 4.69) is 0 Å². The van der Waals surface area contributed by atoms with Crippen molar-refractivity contribution >= 4 is 16.0 Å². The summed E-state index contributed by atoms with van der Waals surface area (Å²) in [4.78, 5) is 10.6. The van der Waals surface area contributed by atoms with Crippen molar-refractivity contribution in [2.24, 2.45) is 5.73 Å². The van der Waals surface area contributed by atoms with Gasteiger partial charge in [-0.2, -0.15) is 4.31 Å². The number of nitrogens with zero attached hydrogens (tertiary/aromatic N) is 1. The Kier molecular flexibility index (Phi) is 3.18. The average molecular weight is 274 g/mol. The number of sulfonamides is 1. The molecule has 1 aliphatic heterocycles. The zero-order valence-electron chi connectivity index (χ0n) is 9.79. The number of rotatable bonds is 3. The number of carboxylic acid groups (broad SMARTS) is 1. The van der Waals surface area contributed by atoms with Crippen LogP contribution in [0.5, 0.6) is 0 Å². The standard InChI is InChI=1S/C10H14N2O5S/c1-6-9(4-8(17-6)10(13)14)18(15,16)12-3-2-7(11)5-12/h4,7H,2-3,5,11H2,1H3,(H,13,14). The van der Waals surface area contributed by atoms with Crippen molar-refractivity contribution in [3.05, 3.63) is 17.6 Å². The van der Waals surface area contributed by atoms with Gasteiger partial charge in [0.05, 0.1) is 0 Å². The second-order valence-corrected chi connectivity index (χ2v) is 6.15. The summed E-state index contributed by atoms with van der Waals surface area (Å²) in [5.41, 5.74) is 5.67. The van der Waals surface area contributed by atoms with Crippen LogP contribution in [-0.4, -0.2) is 42.9 Å². The van der Waals surface area contributed by atoms with Crippen molar-refractivity contribution in [1.29, 1.82) is 0 Å². The first-order valence-corrected chi connectivity index (χ1v) is 6.86. The maximum absolute atomic E-state index is 12.3. The lowest BCUT2D eigenvalue weighted by molar-refractivity contribution is 0.0661. The number of aryl methyl sites for hydroxylation is 1. The minimum Gasteiger partial charge on any atom is -0.475 e. The van der Waals surface area contributed by atoms with Gasteiger partial charge in [-0.05, 0) is 13.3 Å². The van der Waals surface area contributed by atoms with Crippen molar-refractivity contribution in [2.75, 3.05) is 13.1 Å². The Hall–Kier alpha value is -1.38. The van der Waals surface area contributed by atoms with E-state index in [0.717, 1.165) is 6.07 Å². The van der Waals surface area contributed by atoms with E-state index in [1.165, 1.54) is 11.2 Å². The van der Waals surface area contributed by atoms with Gasteiger partial charge in [-0.1, -0.05) is 0 Å². The summed E-state index contributed by atoms with van der Waals surface area (Å²) < 4.78 is 30.7. The molecule has 2 heterocycles. The van der Waals surface area contributed by atoms with Gasteiger partial charge in [0, 0.05) is 25.2 Å². The summed E-state index contributed by atoms with van der Waals surface area (Å²) in [6, 6.07) is 0.863. The largest absolute Gasteiger partial charge is 0.475 e. The van der Waals surface area contributed by atoms with Gasteiger partial charge in [0.1, 0.15) is 10.7 Å². The van der Waals surface area contributed by atoms with Crippen LogP contribution in [0.25, 0.3) is 0 Å². The molecule has 0 saturated carbocycles. The Morgan fingerprint density at radius 1 is 1.61 bits per heavy atom. The van der Waals surface area contributed by atoms with E-state index in [4.69, 9.17) is 15.3 Å². The number of nitrogens with two attached hydrogens (primary N) is 1. The zero-order chi connectivity index (χ0) is 13.5. The molecule has 0 radical (unpaired) electrons. The lowest BCUT2D eigenvalue weighted by Crippen LogP contribution is -2.32. The topological polar surface area (TPSA) is 114 Å². The molecule has 0 bridgehead atoms. The normalized spacial score (nSPS) is 21.3. The molecule has 2 rings (SSSR count). The molecular formula is C10H14N2O5S. The molecule has 1 aliphatic rings. The van der Waals surface area contributed by atoms with Crippen LogP contribution < -0.4 is 5.73 Å². The highest BCUT2D eigenvalue weighted by molar-refractivity contribution is 7.89. The summed E-state index contributed by atoms with van der Waals surface area (Å²) in [6.45, 7) is 2.02. The van der Waals surface area contributed by atoms with Crippen LogP contribution in [0.2, 0.25) is 0 Å². The van der Waals surface area contributed by atoms with E-state index in [1.807, 2.05) is 0 Å². The Morgan fingerprint density at radius 3 is 2.72 bits per heavy atom. The van der Waals surface area contributed by atoms with Crippen LogP contribution in [0, 0.1) is 6.92 Å². The first-order valence-electron chi connectivity index (χ1n) is 5.42. The smallest absolute Gasteiger partial charge is 0.371 e. The van der Waals surface area contributed by atoms with Crippen LogP contribution in [0.4, 0.5) is 0 Å². The molecule has 1 fully saturated rings. The van der Waals surface area contributed by atoms with Crippen molar-refractivity contribution in [1.82, 2.24) is 4.31 Å². The van der Waals surface area contributed by atoms with E-state index in [9.17, 15) is 13.2 Å². The van der Waals surface area contributed by atoms with Gasteiger partial charge < -0.3 is 15.3 Å². The van der Waals surface area contributed by atoms with Crippen LogP contribution in [0.3, 0.4) is 0 Å². The zero-order valence-corrected chi connectivity index (χ0v) is 10.6. The van der Waals surface area contributed by atoms with Gasteiger partial charge in [0.15, 0.2) is 0 Å². The molecule has 1 aromatic heterocycles. The predicted octanol–water partition coefficient (Wildman–Crippen LogP) is 0.00792. The minimum absolute atomic E-state index is 0.0767. The molecule has 0 aromatic carbocycles. The fraction of sp³-hybridized carbons (Fsp3) is 0.500. The van der Waals surface area contributed by atoms with Gasteiger partial charge >= 0.3 is 5.97 Å². The number of aromatic carboxylic acids is 1. The fourth-order valence-electron chi connectivity index (χ4n) is 1.94. The van der Waals surface area contributed by atoms with E-state index >= 15 is 0 Å². The number of carboxylic acids is 1. The molecule has 8 heteroatoms. The maximum atomic E-state index is 12.3. The molecule has 1 unspecified atom stereocenters. The van der Waals surface area contributed by atoms with Gasteiger partial charge in [-0.3, -0.25) is 0 Å². The first-order chi connectivity index (χ1) is 8.32. The molecule has 0 amide bonds. The molecule has 7 nitrogen and oxygen atoms in total. The highest BCUT2D eigenvalue weighted by Gasteiger charge is 2.34. The quantitative estimate of drug-likeness (QED) is 0.802. The van der Waals surface area contributed by atoms with Crippen LogP contribution in [0.15, 0.2) is 15.4 Å². The maximum Gasteiger partial charge on any atom is 0.371 e. The van der Waals surface area contributed by atoms with Crippen molar-refractivity contribution < 1.29 is 22.7 Å². The van der Waals surface area contributed by atoms with Gasteiger partial charge in [-0.15, -0.1) is 0 Å². The molecule has 0 aliphatic carbocycles. The minimum atomic E-state index is -3.72. The summed E-state index contributed by atoms with van der Waals surface area (Å²) >= 11 is 0. The van der Waals surface area contributed by atoms with Gasteiger partial charge in [0.25, 0.3) is 0 Å². The highest BCUT2D eigenvalue weighted by Crippen LogP contribution is 2.26. The van der Waals surface area contributed by atoms with Crippen LogP contribution in [0.1, 0.15) is 22.7 Å². The van der Waals surface area contributed by atoms with Crippen LogP contribution >= 0.6 is 0 Å². The molecule has 3 N–H and O–H groups in total. The number of furan rings is 1. The van der Waals surface area contributed by atoms with Crippen LogP contribution in [-0.2, 0) is 10.0 Å². The average Bonchev–Trinajstić information content (AvgIpc) is 2.85. The summed E-state index contributed by atoms with van der Waals surface area (Å²) in [5, 5.41) is 8.77. The second kappa shape index (κ2) is 4.38. The SMILES string of the molecule is Cc1oc(C(=O)O)cc1S(=O)(=O)N1CCC(N)C1. The predicted molar refractivity (Wildman–Crippen MR) is 61.8 cm³/mol. The molecule has 0 spiro atoms. The van der Waals surface area contributed by atoms with Crippen molar-refractivity contribution in [3.63, 3.8) is 0 Å². The van der Waals surface area contributed by atoms with E-state index in [0.29, 0.717) is 13.0 Å². The van der Waals surface area contributed by atoms with E-state index < -0.39 is 16.0 Å². The third kappa shape index (κ3) is 2.14. The lowest BCUT2D eigenvalue weighted by atomic mass is 10.3. The van der Waals surface area contributed by atoms with E-state index in [1.54, 1.807) is 0 Å². The second-order valence-electron chi connectivity index (χ2n) is 4.25. The van der Waals surface area contributed by atoms with Crippen molar-refractivity contribution in [2.45, 2.75) is 24.3 Å². The third-order valence-corrected chi connectivity index (χ3v) is 4.86. The Bertz CT molecular complexity index is 577. The summed E-state index contributed by atoms with van der Waals surface area (Å²) in [6.07, 6.45) is 0.599. The van der Waals surface area contributed by atoms with E-state index in [-0.39, 0.29) is 29.0 Å². The summed E-state index contributed by atoms with van der Waals surface area (Å²) in [5.74, 6) is -1.60. The fourth-order valence-corrected chi connectivity index (χ4v) is 3.61. The van der Waals surface area contributed by atoms with Gasteiger partial charge in [-0.25, -0.2) is 13.2 Å². The lowest BCUT2D eigenvalue weighted by Gasteiger charge is -2.14. The first kappa shape index (κ1) is 13.1. The summed E-state index contributed by atoms with van der Waals surface area (Å²) in [7, 11) is -3.72. The third-order valence-electron chi connectivity index (χ3n) is 2.89. The highest BCUT2D eigenvalue weighted by atomic mass is 32.2. The number of hydrogen-bond donors (Lipinski definition) is 2. The molecule has 100 valence electrons.